The van der Waals surface area contributed by atoms with E-state index in [0.717, 1.165) is 25.2 Å². The summed E-state index contributed by atoms with van der Waals surface area (Å²) in [6.45, 7) is 1.67. The van der Waals surface area contributed by atoms with Crippen molar-refractivity contribution in [1.29, 1.82) is 0 Å². The van der Waals surface area contributed by atoms with Gasteiger partial charge in [-0.25, -0.2) is 9.97 Å². The first-order valence-electron chi connectivity index (χ1n) is 4.55. The third-order valence-corrected chi connectivity index (χ3v) is 2.29. The minimum Gasteiger partial charge on any atom is -0.391 e. The summed E-state index contributed by atoms with van der Waals surface area (Å²) in [4.78, 5) is 10.1. The Morgan fingerprint density at radius 3 is 3.15 bits per heavy atom. The number of piperidine rings is 1. The van der Waals surface area contributed by atoms with Gasteiger partial charge in [0.2, 0.25) is 0 Å². The molecule has 1 atom stereocenters. The van der Waals surface area contributed by atoms with Gasteiger partial charge < -0.3 is 10.0 Å². The first kappa shape index (κ1) is 8.44. The number of aliphatic hydroxyl groups is 1. The van der Waals surface area contributed by atoms with Gasteiger partial charge in [-0.15, -0.1) is 0 Å². The van der Waals surface area contributed by atoms with Crippen LogP contribution in [0.4, 0.5) is 5.82 Å². The molecule has 4 nitrogen and oxygen atoms in total. The second-order valence-corrected chi connectivity index (χ2v) is 3.31. The van der Waals surface area contributed by atoms with Crippen LogP contribution in [0.5, 0.6) is 0 Å². The molecule has 1 aromatic heterocycles. The zero-order chi connectivity index (χ0) is 9.10. The van der Waals surface area contributed by atoms with Gasteiger partial charge in [-0.05, 0) is 18.9 Å². The average molecular weight is 179 g/mol. The summed E-state index contributed by atoms with van der Waals surface area (Å²) in [5, 5.41) is 9.46. The van der Waals surface area contributed by atoms with E-state index in [9.17, 15) is 5.11 Å². The van der Waals surface area contributed by atoms with Crippen molar-refractivity contribution in [1.82, 2.24) is 9.97 Å². The SMILES string of the molecule is O[C@H]1CCCN(c2ccncn2)C1. The quantitative estimate of drug-likeness (QED) is 0.679. The summed E-state index contributed by atoms with van der Waals surface area (Å²) in [6.07, 6.45) is 5.00. The van der Waals surface area contributed by atoms with Crippen LogP contribution in [-0.4, -0.2) is 34.3 Å². The maximum atomic E-state index is 9.46. The van der Waals surface area contributed by atoms with Gasteiger partial charge in [-0.2, -0.15) is 0 Å². The first-order valence-corrected chi connectivity index (χ1v) is 4.55. The van der Waals surface area contributed by atoms with E-state index in [1.165, 1.54) is 6.33 Å². The minimum atomic E-state index is -0.205. The van der Waals surface area contributed by atoms with Crippen LogP contribution in [0.1, 0.15) is 12.8 Å². The van der Waals surface area contributed by atoms with Crippen LogP contribution >= 0.6 is 0 Å². The second kappa shape index (κ2) is 3.70. The molecule has 2 heterocycles. The highest BCUT2D eigenvalue weighted by Gasteiger charge is 2.18. The summed E-state index contributed by atoms with van der Waals surface area (Å²) in [5.41, 5.74) is 0. The molecular formula is C9H13N3O. The van der Waals surface area contributed by atoms with E-state index < -0.39 is 0 Å². The van der Waals surface area contributed by atoms with Crippen molar-refractivity contribution in [3.63, 3.8) is 0 Å². The molecule has 0 aromatic carbocycles. The van der Waals surface area contributed by atoms with E-state index in [1.807, 2.05) is 6.07 Å². The number of hydrogen-bond donors (Lipinski definition) is 1. The Morgan fingerprint density at radius 2 is 2.46 bits per heavy atom. The van der Waals surface area contributed by atoms with Gasteiger partial charge in [0, 0.05) is 19.3 Å². The summed E-state index contributed by atoms with van der Waals surface area (Å²) in [5.74, 6) is 0.911. The van der Waals surface area contributed by atoms with Gasteiger partial charge in [0.05, 0.1) is 6.10 Å². The molecule has 0 spiro atoms. The molecule has 1 N–H and O–H groups in total. The molecule has 2 rings (SSSR count). The molecule has 1 aliphatic rings. The van der Waals surface area contributed by atoms with Gasteiger partial charge in [0.1, 0.15) is 12.1 Å². The zero-order valence-electron chi connectivity index (χ0n) is 7.43. The van der Waals surface area contributed by atoms with Gasteiger partial charge in [0.25, 0.3) is 0 Å². The Kier molecular flexibility index (Phi) is 2.40. The van der Waals surface area contributed by atoms with Crippen molar-refractivity contribution < 1.29 is 5.11 Å². The number of aliphatic hydroxyl groups excluding tert-OH is 1. The molecule has 0 radical (unpaired) electrons. The lowest BCUT2D eigenvalue weighted by Gasteiger charge is -2.30. The van der Waals surface area contributed by atoms with Crippen molar-refractivity contribution in [3.8, 4) is 0 Å². The molecule has 0 amide bonds. The highest BCUT2D eigenvalue weighted by atomic mass is 16.3. The predicted octanol–water partition coefficient (Wildman–Crippen LogP) is 0.438. The van der Waals surface area contributed by atoms with E-state index in [1.54, 1.807) is 6.20 Å². The lowest BCUT2D eigenvalue weighted by Crippen LogP contribution is -2.38. The molecule has 1 aliphatic heterocycles. The molecule has 1 saturated heterocycles. The highest BCUT2D eigenvalue weighted by Crippen LogP contribution is 2.16. The van der Waals surface area contributed by atoms with Crippen molar-refractivity contribution >= 4 is 5.82 Å². The Bertz CT molecular complexity index is 265. The Hall–Kier alpha value is -1.16. The molecule has 70 valence electrons. The highest BCUT2D eigenvalue weighted by molar-refractivity contribution is 5.36. The van der Waals surface area contributed by atoms with Crippen molar-refractivity contribution in [3.05, 3.63) is 18.6 Å². The number of anilines is 1. The van der Waals surface area contributed by atoms with Crippen LogP contribution in [0.3, 0.4) is 0 Å². The fourth-order valence-electron chi connectivity index (χ4n) is 1.63. The van der Waals surface area contributed by atoms with Crippen molar-refractivity contribution in [2.24, 2.45) is 0 Å². The molecule has 1 fully saturated rings. The number of nitrogens with zero attached hydrogens (tertiary/aromatic N) is 3. The number of rotatable bonds is 1. The van der Waals surface area contributed by atoms with E-state index >= 15 is 0 Å². The zero-order valence-corrected chi connectivity index (χ0v) is 7.43. The normalized spacial score (nSPS) is 23.2. The van der Waals surface area contributed by atoms with Crippen LogP contribution < -0.4 is 4.90 Å². The summed E-state index contributed by atoms with van der Waals surface area (Å²) in [6, 6.07) is 1.87. The van der Waals surface area contributed by atoms with Gasteiger partial charge in [-0.1, -0.05) is 0 Å². The van der Waals surface area contributed by atoms with E-state index in [4.69, 9.17) is 0 Å². The molecule has 0 aliphatic carbocycles. The smallest absolute Gasteiger partial charge is 0.131 e. The number of β-amino-alcohol motifs (C(OH)–C–C–N with tert-alkyl or cyclic N) is 1. The van der Waals surface area contributed by atoms with Gasteiger partial charge in [0.15, 0.2) is 0 Å². The molecule has 0 unspecified atom stereocenters. The maximum absolute atomic E-state index is 9.46. The largest absolute Gasteiger partial charge is 0.391 e. The molecule has 0 saturated carbocycles. The molecule has 0 bridgehead atoms. The summed E-state index contributed by atoms with van der Waals surface area (Å²) in [7, 11) is 0. The summed E-state index contributed by atoms with van der Waals surface area (Å²) < 4.78 is 0. The Morgan fingerprint density at radius 1 is 1.54 bits per heavy atom. The van der Waals surface area contributed by atoms with Crippen LogP contribution in [-0.2, 0) is 0 Å². The van der Waals surface area contributed by atoms with Crippen LogP contribution in [0.25, 0.3) is 0 Å². The fraction of sp³-hybridized carbons (Fsp3) is 0.556. The molecule has 4 heteroatoms. The maximum Gasteiger partial charge on any atom is 0.131 e. The van der Waals surface area contributed by atoms with Crippen LogP contribution in [0, 0.1) is 0 Å². The van der Waals surface area contributed by atoms with E-state index in [-0.39, 0.29) is 6.10 Å². The monoisotopic (exact) mass is 179 g/mol. The molecule has 1 aromatic rings. The molecular weight excluding hydrogens is 166 g/mol. The van der Waals surface area contributed by atoms with Crippen LogP contribution in [0.2, 0.25) is 0 Å². The van der Waals surface area contributed by atoms with Crippen LogP contribution in [0.15, 0.2) is 18.6 Å². The number of aromatic nitrogens is 2. The number of hydrogen-bond acceptors (Lipinski definition) is 4. The predicted molar refractivity (Wildman–Crippen MR) is 49.5 cm³/mol. The standard InChI is InChI=1S/C9H13N3O/c13-8-2-1-5-12(6-8)9-3-4-10-7-11-9/h3-4,7-8,13H,1-2,5-6H2/t8-/m0/s1. The summed E-state index contributed by atoms with van der Waals surface area (Å²) >= 11 is 0. The lowest BCUT2D eigenvalue weighted by atomic mass is 10.1. The molecule has 13 heavy (non-hydrogen) atoms. The van der Waals surface area contributed by atoms with Crippen molar-refractivity contribution in [2.45, 2.75) is 18.9 Å². The second-order valence-electron chi connectivity index (χ2n) is 3.31. The Balaban J connectivity index is 2.08. The topological polar surface area (TPSA) is 49.2 Å². The average Bonchev–Trinajstić information content (AvgIpc) is 2.19. The van der Waals surface area contributed by atoms with E-state index in [0.29, 0.717) is 6.54 Å². The third kappa shape index (κ3) is 1.95. The lowest BCUT2D eigenvalue weighted by molar-refractivity contribution is 0.154. The van der Waals surface area contributed by atoms with Gasteiger partial charge in [-0.3, -0.25) is 0 Å². The Labute approximate surface area is 77.2 Å². The van der Waals surface area contributed by atoms with Gasteiger partial charge >= 0.3 is 0 Å². The van der Waals surface area contributed by atoms with E-state index in [2.05, 4.69) is 14.9 Å². The first-order chi connectivity index (χ1) is 6.36. The minimum absolute atomic E-state index is 0.205. The third-order valence-electron chi connectivity index (χ3n) is 2.29. The van der Waals surface area contributed by atoms with Crippen molar-refractivity contribution in [2.75, 3.05) is 18.0 Å². The fourth-order valence-corrected chi connectivity index (χ4v) is 1.63.